The maximum absolute atomic E-state index is 11.8. The molecule has 2 heterocycles. The average Bonchev–Trinajstić information content (AvgIpc) is 2.76. The first-order chi connectivity index (χ1) is 10.5. The number of rotatable bonds is 5. The number of carbonyl (C=O) groups excluding carboxylic acids is 1. The van der Waals surface area contributed by atoms with E-state index in [9.17, 15) is 19.8 Å². The van der Waals surface area contributed by atoms with Gasteiger partial charge in [0.15, 0.2) is 12.3 Å². The number of ether oxygens (including phenoxy) is 2. The third-order valence-electron chi connectivity index (χ3n) is 3.34. The van der Waals surface area contributed by atoms with Gasteiger partial charge in [-0.3, -0.25) is 9.36 Å². The molecule has 1 fully saturated rings. The molecule has 0 radical (unpaired) electrons. The van der Waals surface area contributed by atoms with Gasteiger partial charge in [-0.2, -0.15) is 4.98 Å². The van der Waals surface area contributed by atoms with E-state index in [0.717, 1.165) is 4.57 Å². The molecule has 1 aliphatic heterocycles. The molecule has 1 aromatic rings. The van der Waals surface area contributed by atoms with E-state index >= 15 is 0 Å². The van der Waals surface area contributed by atoms with Crippen LogP contribution in [0.2, 0.25) is 0 Å². The predicted molar refractivity (Wildman–Crippen MR) is 74.7 cm³/mol. The number of aliphatic hydroxyl groups is 2. The van der Waals surface area contributed by atoms with Crippen LogP contribution in [-0.4, -0.2) is 50.7 Å². The van der Waals surface area contributed by atoms with Crippen molar-refractivity contribution in [2.24, 2.45) is 0 Å². The number of nitrogen functional groups attached to an aromatic ring is 1. The van der Waals surface area contributed by atoms with Gasteiger partial charge in [0.2, 0.25) is 0 Å². The Morgan fingerprint density at radius 1 is 1.59 bits per heavy atom. The zero-order chi connectivity index (χ0) is 16.3. The highest BCUT2D eigenvalue weighted by Crippen LogP contribution is 2.30. The maximum Gasteiger partial charge on any atom is 0.351 e. The fraction of sp³-hybridized carbons (Fsp3) is 0.615. The molecule has 4 N–H and O–H groups in total. The Morgan fingerprint density at radius 2 is 2.32 bits per heavy atom. The Hall–Kier alpha value is -1.97. The van der Waals surface area contributed by atoms with Crippen LogP contribution >= 0.6 is 0 Å². The molecule has 0 bridgehead atoms. The summed E-state index contributed by atoms with van der Waals surface area (Å²) in [5, 5.41) is 19.6. The zero-order valence-electron chi connectivity index (χ0n) is 12.1. The van der Waals surface area contributed by atoms with E-state index in [1.807, 2.05) is 6.92 Å². The Morgan fingerprint density at radius 3 is 2.91 bits per heavy atom. The fourth-order valence-corrected chi connectivity index (χ4v) is 2.28. The molecule has 0 saturated carbocycles. The lowest BCUT2D eigenvalue weighted by atomic mass is 10.1. The Labute approximate surface area is 126 Å². The van der Waals surface area contributed by atoms with Gasteiger partial charge in [0.1, 0.15) is 18.0 Å². The lowest BCUT2D eigenvalue weighted by molar-refractivity contribution is -0.156. The van der Waals surface area contributed by atoms with E-state index in [-0.39, 0.29) is 12.2 Å². The molecule has 2 rings (SSSR count). The number of aliphatic hydroxyl groups excluding tert-OH is 2. The monoisotopic (exact) mass is 313 g/mol. The van der Waals surface area contributed by atoms with Crippen molar-refractivity contribution in [2.45, 2.75) is 44.3 Å². The van der Waals surface area contributed by atoms with Gasteiger partial charge in [0.05, 0.1) is 6.61 Å². The standard InChI is InChI=1S/C13H19N3O6/c1-2-3-9(18)22-11-7(6-17)21-12(10(11)19)16-5-4-8(14)15-13(16)20/h4-5,7,10-12,17,19H,2-3,6H2,1H3,(H2,14,15,20)/t7-,10+,11-,12-/m1/s1. The minimum absolute atomic E-state index is 0.0402. The molecule has 4 atom stereocenters. The topological polar surface area (TPSA) is 137 Å². The first kappa shape index (κ1) is 16.4. The van der Waals surface area contributed by atoms with Crippen LogP contribution in [0.5, 0.6) is 0 Å². The van der Waals surface area contributed by atoms with Gasteiger partial charge in [0.25, 0.3) is 0 Å². The van der Waals surface area contributed by atoms with E-state index in [4.69, 9.17) is 15.2 Å². The van der Waals surface area contributed by atoms with Crippen molar-refractivity contribution < 1.29 is 24.5 Å². The number of hydrogen-bond acceptors (Lipinski definition) is 8. The second kappa shape index (κ2) is 6.86. The largest absolute Gasteiger partial charge is 0.457 e. The van der Waals surface area contributed by atoms with Crippen molar-refractivity contribution in [3.63, 3.8) is 0 Å². The molecule has 0 unspecified atom stereocenters. The Kier molecular flexibility index (Phi) is 5.11. The third-order valence-corrected chi connectivity index (χ3v) is 3.34. The van der Waals surface area contributed by atoms with Crippen molar-refractivity contribution in [1.29, 1.82) is 0 Å². The van der Waals surface area contributed by atoms with E-state index in [1.54, 1.807) is 0 Å². The molecule has 1 aliphatic rings. The molecular weight excluding hydrogens is 294 g/mol. The molecular formula is C13H19N3O6. The molecule has 1 aromatic heterocycles. The first-order valence-corrected chi connectivity index (χ1v) is 6.96. The number of anilines is 1. The van der Waals surface area contributed by atoms with Crippen molar-refractivity contribution in [2.75, 3.05) is 12.3 Å². The van der Waals surface area contributed by atoms with Crippen molar-refractivity contribution in [3.8, 4) is 0 Å². The van der Waals surface area contributed by atoms with Gasteiger partial charge in [-0.25, -0.2) is 4.79 Å². The van der Waals surface area contributed by atoms with E-state index in [1.165, 1.54) is 12.3 Å². The van der Waals surface area contributed by atoms with Gasteiger partial charge in [-0.15, -0.1) is 0 Å². The van der Waals surface area contributed by atoms with E-state index in [0.29, 0.717) is 6.42 Å². The minimum atomic E-state index is -1.30. The summed E-state index contributed by atoms with van der Waals surface area (Å²) in [6.07, 6.45) is -2.29. The lowest BCUT2D eigenvalue weighted by Gasteiger charge is -2.19. The third kappa shape index (κ3) is 3.26. The summed E-state index contributed by atoms with van der Waals surface area (Å²) in [6.45, 7) is 1.35. The number of esters is 1. The molecule has 0 amide bonds. The second-order valence-electron chi connectivity index (χ2n) is 4.98. The molecule has 1 saturated heterocycles. The molecule has 0 aliphatic carbocycles. The SMILES string of the molecule is CCCC(=O)O[C@H]1[C@H](O)[C@H](n2ccc(N)nc2=O)O[C@@H]1CO. The smallest absolute Gasteiger partial charge is 0.351 e. The number of nitrogens with two attached hydrogens (primary N) is 1. The zero-order valence-corrected chi connectivity index (χ0v) is 12.1. The predicted octanol–water partition coefficient (Wildman–Crippen LogP) is -1.21. The highest BCUT2D eigenvalue weighted by molar-refractivity contribution is 5.69. The highest BCUT2D eigenvalue weighted by Gasteiger charge is 2.47. The van der Waals surface area contributed by atoms with Crippen LogP contribution in [0.4, 0.5) is 5.82 Å². The normalized spacial score (nSPS) is 27.8. The molecule has 122 valence electrons. The number of aromatic nitrogens is 2. The lowest BCUT2D eigenvalue weighted by Crippen LogP contribution is -2.39. The summed E-state index contributed by atoms with van der Waals surface area (Å²) >= 11 is 0. The number of nitrogens with zero attached hydrogens (tertiary/aromatic N) is 2. The van der Waals surface area contributed by atoms with E-state index < -0.39 is 42.8 Å². The van der Waals surface area contributed by atoms with Crippen molar-refractivity contribution >= 4 is 11.8 Å². The van der Waals surface area contributed by atoms with Gasteiger partial charge in [-0.1, -0.05) is 6.92 Å². The average molecular weight is 313 g/mol. The van der Waals surface area contributed by atoms with Crippen molar-refractivity contribution in [3.05, 3.63) is 22.7 Å². The van der Waals surface area contributed by atoms with Crippen LogP contribution in [0.3, 0.4) is 0 Å². The number of hydrogen-bond donors (Lipinski definition) is 3. The highest BCUT2D eigenvalue weighted by atomic mass is 16.6. The summed E-state index contributed by atoms with van der Waals surface area (Å²) < 4.78 is 11.6. The maximum atomic E-state index is 11.8. The van der Waals surface area contributed by atoms with Crippen LogP contribution in [-0.2, 0) is 14.3 Å². The Bertz CT molecular complexity index is 589. The van der Waals surface area contributed by atoms with Crippen molar-refractivity contribution in [1.82, 2.24) is 9.55 Å². The van der Waals surface area contributed by atoms with Gasteiger partial charge >= 0.3 is 11.7 Å². The summed E-state index contributed by atoms with van der Waals surface area (Å²) in [5.41, 5.74) is 4.70. The van der Waals surface area contributed by atoms with E-state index in [2.05, 4.69) is 4.98 Å². The fourth-order valence-electron chi connectivity index (χ4n) is 2.28. The Balaban J connectivity index is 2.21. The number of carbonyl (C=O) groups is 1. The molecule has 9 heteroatoms. The second-order valence-corrected chi connectivity index (χ2v) is 4.98. The van der Waals surface area contributed by atoms with Crippen LogP contribution in [0.1, 0.15) is 26.0 Å². The summed E-state index contributed by atoms with van der Waals surface area (Å²) in [6, 6.07) is 1.38. The van der Waals surface area contributed by atoms with Gasteiger partial charge < -0.3 is 25.4 Å². The van der Waals surface area contributed by atoms with Crippen LogP contribution in [0.15, 0.2) is 17.1 Å². The van der Waals surface area contributed by atoms with Crippen LogP contribution in [0, 0.1) is 0 Å². The quantitative estimate of drug-likeness (QED) is 0.576. The summed E-state index contributed by atoms with van der Waals surface area (Å²) in [4.78, 5) is 26.9. The summed E-state index contributed by atoms with van der Waals surface area (Å²) in [7, 11) is 0. The van der Waals surface area contributed by atoms with Gasteiger partial charge in [-0.05, 0) is 12.5 Å². The van der Waals surface area contributed by atoms with Gasteiger partial charge in [0, 0.05) is 12.6 Å². The molecule has 22 heavy (non-hydrogen) atoms. The molecule has 9 nitrogen and oxygen atoms in total. The molecule has 0 aromatic carbocycles. The first-order valence-electron chi connectivity index (χ1n) is 6.96. The summed E-state index contributed by atoms with van der Waals surface area (Å²) in [5.74, 6) is -0.463. The molecule has 0 spiro atoms. The van der Waals surface area contributed by atoms with Crippen LogP contribution in [0.25, 0.3) is 0 Å². The minimum Gasteiger partial charge on any atom is -0.457 e. The van der Waals surface area contributed by atoms with Crippen LogP contribution < -0.4 is 11.4 Å².